The van der Waals surface area contributed by atoms with Crippen LogP contribution in [0.4, 0.5) is 5.69 Å². The predicted molar refractivity (Wildman–Crippen MR) is 131 cm³/mol. The van der Waals surface area contributed by atoms with Gasteiger partial charge in [0, 0.05) is 37.5 Å². The molecule has 0 spiro atoms. The Kier molecular flexibility index (Phi) is 6.93. The van der Waals surface area contributed by atoms with Gasteiger partial charge >= 0.3 is 0 Å². The molecule has 11 heteroatoms. The summed E-state index contributed by atoms with van der Waals surface area (Å²) in [4.78, 5) is 58.9. The second-order valence-electron chi connectivity index (χ2n) is 10.1. The Morgan fingerprint density at radius 3 is 2.31 bits per heavy atom. The number of carbonyl (C=O) groups excluding carboxylic acids is 4. The number of hydrogen-bond donors (Lipinski definition) is 1. The number of likely N-dealkylation sites (tertiary alicyclic amines) is 1. The molecule has 4 aliphatic heterocycles. The smallest absolute Gasteiger partial charge is 0.264 e. The highest BCUT2D eigenvalue weighted by atomic mass is 16.2. The first kappa shape index (κ1) is 24.3. The lowest BCUT2D eigenvalue weighted by Crippen LogP contribution is -2.54. The van der Waals surface area contributed by atoms with Gasteiger partial charge in [-0.2, -0.15) is 0 Å². The topological polar surface area (TPSA) is 139 Å². The maximum atomic E-state index is 13.4. The molecule has 36 heavy (non-hydrogen) atoms. The molecule has 1 aromatic rings. The molecule has 3 saturated heterocycles. The number of amides is 4. The van der Waals surface area contributed by atoms with Gasteiger partial charge in [0.1, 0.15) is 6.04 Å². The van der Waals surface area contributed by atoms with E-state index >= 15 is 0 Å². The summed E-state index contributed by atoms with van der Waals surface area (Å²) < 4.78 is 0. The van der Waals surface area contributed by atoms with Crippen molar-refractivity contribution in [3.63, 3.8) is 0 Å². The van der Waals surface area contributed by atoms with Crippen molar-refractivity contribution in [2.45, 2.75) is 44.6 Å². The Bertz CT molecular complexity index is 1120. The van der Waals surface area contributed by atoms with Crippen LogP contribution in [0.2, 0.25) is 0 Å². The van der Waals surface area contributed by atoms with Crippen molar-refractivity contribution in [2.75, 3.05) is 44.2 Å². The van der Waals surface area contributed by atoms with E-state index in [1.807, 2.05) is 6.07 Å². The van der Waals surface area contributed by atoms with Crippen molar-refractivity contribution in [2.24, 2.45) is 17.0 Å². The molecule has 5 rings (SSSR count). The van der Waals surface area contributed by atoms with Gasteiger partial charge in [-0.1, -0.05) is 11.2 Å². The monoisotopic (exact) mass is 493 g/mol. The van der Waals surface area contributed by atoms with Crippen LogP contribution in [0.3, 0.4) is 0 Å². The highest BCUT2D eigenvalue weighted by Crippen LogP contribution is 2.38. The van der Waals surface area contributed by atoms with E-state index in [-0.39, 0.29) is 18.7 Å². The summed E-state index contributed by atoms with van der Waals surface area (Å²) >= 11 is 0. The fourth-order valence-electron chi connectivity index (χ4n) is 6.25. The molecule has 4 aliphatic rings. The Labute approximate surface area is 209 Å². The van der Waals surface area contributed by atoms with Crippen LogP contribution < -0.4 is 10.2 Å². The fourth-order valence-corrected chi connectivity index (χ4v) is 6.25. The van der Waals surface area contributed by atoms with Gasteiger partial charge in [0.15, 0.2) is 0 Å². The Hall–Kier alpha value is -3.43. The van der Waals surface area contributed by atoms with Crippen LogP contribution in [0.5, 0.6) is 0 Å². The zero-order valence-electron chi connectivity index (χ0n) is 20.3. The number of azide groups is 1. The van der Waals surface area contributed by atoms with Gasteiger partial charge in [-0.05, 0) is 74.7 Å². The number of piperidine rings is 3. The molecule has 0 bridgehead atoms. The first-order valence-electron chi connectivity index (χ1n) is 12.8. The number of fused-ring (bicyclic) bond motifs is 1. The van der Waals surface area contributed by atoms with E-state index in [1.54, 1.807) is 12.1 Å². The molecule has 0 saturated carbocycles. The fraction of sp³-hybridized carbons (Fsp3) is 0.600. The third-order valence-electron chi connectivity index (χ3n) is 8.20. The number of nitrogens with zero attached hydrogens (tertiary/aromatic N) is 6. The summed E-state index contributed by atoms with van der Waals surface area (Å²) in [6.07, 6.45) is 4.63. The molecule has 1 aromatic carbocycles. The van der Waals surface area contributed by atoms with Crippen molar-refractivity contribution < 1.29 is 19.2 Å². The second kappa shape index (κ2) is 10.3. The number of rotatable bonds is 6. The molecule has 1 atom stereocenters. The van der Waals surface area contributed by atoms with Gasteiger partial charge < -0.3 is 9.80 Å². The molecule has 4 heterocycles. The van der Waals surface area contributed by atoms with Gasteiger partial charge in [0.2, 0.25) is 11.8 Å². The zero-order chi connectivity index (χ0) is 25.2. The maximum Gasteiger partial charge on any atom is 0.264 e. The summed E-state index contributed by atoms with van der Waals surface area (Å²) in [5.41, 5.74) is 9.92. The SMILES string of the molecule is [N-]=[N+]=NCCN1CCC(C2CCN(c3cccc4c3C(=O)N(C3CCC(=O)NC3=O)C4=O)CC2)CC1. The number of nitrogens with one attached hydrogen (secondary N) is 1. The molecule has 1 N–H and O–H groups in total. The standard InChI is InChI=1S/C25H31N7O4/c26-29-27-10-15-30-11-6-16(7-12-30)17-8-13-31(14-9-17)19-3-1-2-18-22(19)25(36)32(24(18)35)20-4-5-21(33)28-23(20)34/h1-3,16-17,20H,4-15H2,(H,28,33,34). The van der Waals surface area contributed by atoms with Gasteiger partial charge in [0.25, 0.3) is 11.8 Å². The molecule has 0 aromatic heterocycles. The molecule has 1 unspecified atom stereocenters. The zero-order valence-corrected chi connectivity index (χ0v) is 20.3. The van der Waals surface area contributed by atoms with Crippen LogP contribution in [0.1, 0.15) is 59.2 Å². The Morgan fingerprint density at radius 1 is 0.944 bits per heavy atom. The largest absolute Gasteiger partial charge is 0.371 e. The average Bonchev–Trinajstić information content (AvgIpc) is 3.15. The first-order valence-corrected chi connectivity index (χ1v) is 12.8. The quantitative estimate of drug-likeness (QED) is 0.279. The summed E-state index contributed by atoms with van der Waals surface area (Å²) in [6, 6.07) is 4.38. The van der Waals surface area contributed by atoms with Crippen LogP contribution in [0.15, 0.2) is 23.3 Å². The summed E-state index contributed by atoms with van der Waals surface area (Å²) in [5.74, 6) is -0.573. The van der Waals surface area contributed by atoms with Crippen molar-refractivity contribution in [1.82, 2.24) is 15.1 Å². The Morgan fingerprint density at radius 2 is 1.64 bits per heavy atom. The van der Waals surface area contributed by atoms with Crippen molar-refractivity contribution in [1.29, 1.82) is 0 Å². The molecule has 0 radical (unpaired) electrons. The van der Waals surface area contributed by atoms with Gasteiger partial charge in [0.05, 0.1) is 16.8 Å². The van der Waals surface area contributed by atoms with Crippen molar-refractivity contribution >= 4 is 29.3 Å². The van der Waals surface area contributed by atoms with E-state index in [0.29, 0.717) is 29.5 Å². The maximum absolute atomic E-state index is 13.4. The molecule has 190 valence electrons. The minimum Gasteiger partial charge on any atom is -0.371 e. The lowest BCUT2D eigenvalue weighted by atomic mass is 9.78. The Balaban J connectivity index is 1.23. The average molecular weight is 494 g/mol. The molecule has 3 fully saturated rings. The number of imide groups is 2. The van der Waals surface area contributed by atoms with Gasteiger partial charge in [-0.25, -0.2) is 0 Å². The van der Waals surface area contributed by atoms with E-state index in [0.717, 1.165) is 69.0 Å². The molecule has 0 aliphatic carbocycles. The number of carbonyl (C=O) groups is 4. The van der Waals surface area contributed by atoms with E-state index in [2.05, 4.69) is 25.1 Å². The predicted octanol–water partition coefficient (Wildman–Crippen LogP) is 2.33. The minimum absolute atomic E-state index is 0.108. The number of benzene rings is 1. The van der Waals surface area contributed by atoms with Gasteiger partial charge in [-0.3, -0.25) is 29.4 Å². The summed E-state index contributed by atoms with van der Waals surface area (Å²) in [5, 5.41) is 5.88. The lowest BCUT2D eigenvalue weighted by Gasteiger charge is -2.41. The van der Waals surface area contributed by atoms with Crippen molar-refractivity contribution in [3.8, 4) is 0 Å². The van der Waals surface area contributed by atoms with Crippen LogP contribution in [-0.4, -0.2) is 78.7 Å². The number of hydrogen-bond acceptors (Lipinski definition) is 7. The van der Waals surface area contributed by atoms with E-state index in [1.165, 1.54) is 0 Å². The summed E-state index contributed by atoms with van der Waals surface area (Å²) in [7, 11) is 0. The third-order valence-corrected chi connectivity index (χ3v) is 8.20. The molecular weight excluding hydrogens is 462 g/mol. The van der Waals surface area contributed by atoms with Gasteiger partial charge in [-0.15, -0.1) is 0 Å². The van der Waals surface area contributed by atoms with Crippen LogP contribution in [0.25, 0.3) is 10.4 Å². The summed E-state index contributed by atoms with van der Waals surface area (Å²) in [6.45, 7) is 5.03. The number of anilines is 1. The second-order valence-corrected chi connectivity index (χ2v) is 10.1. The van der Waals surface area contributed by atoms with Crippen LogP contribution in [0, 0.1) is 11.8 Å². The van der Waals surface area contributed by atoms with E-state index < -0.39 is 23.8 Å². The molecular formula is C25H31N7O4. The van der Waals surface area contributed by atoms with Crippen molar-refractivity contribution in [3.05, 3.63) is 39.8 Å². The molecule has 11 nitrogen and oxygen atoms in total. The normalized spacial score (nSPS) is 24.1. The van der Waals surface area contributed by atoms with Crippen LogP contribution in [-0.2, 0) is 9.59 Å². The third kappa shape index (κ3) is 4.56. The minimum atomic E-state index is -0.953. The van der Waals surface area contributed by atoms with E-state index in [9.17, 15) is 19.2 Å². The van der Waals surface area contributed by atoms with Crippen LogP contribution >= 0.6 is 0 Å². The lowest BCUT2D eigenvalue weighted by molar-refractivity contribution is -0.136. The van der Waals surface area contributed by atoms with E-state index in [4.69, 9.17) is 5.53 Å². The first-order chi connectivity index (χ1) is 17.5. The molecule has 4 amide bonds. The highest BCUT2D eigenvalue weighted by molar-refractivity contribution is 6.25. The highest BCUT2D eigenvalue weighted by Gasteiger charge is 2.46.